The van der Waals surface area contributed by atoms with Gasteiger partial charge in [0.15, 0.2) is 11.5 Å². The van der Waals surface area contributed by atoms with E-state index in [0.29, 0.717) is 29.6 Å². The molecule has 20 heavy (non-hydrogen) atoms. The van der Waals surface area contributed by atoms with E-state index in [1.165, 1.54) is 0 Å². The Labute approximate surface area is 120 Å². The van der Waals surface area contributed by atoms with Gasteiger partial charge >= 0.3 is 0 Å². The fourth-order valence-electron chi connectivity index (χ4n) is 1.57. The maximum absolute atomic E-state index is 11.8. The monoisotopic (exact) mass is 275 g/mol. The number of hydrogen-bond acceptors (Lipinski definition) is 3. The van der Waals surface area contributed by atoms with Crippen LogP contribution in [0, 0.1) is 18.3 Å². The van der Waals surface area contributed by atoms with Gasteiger partial charge in [0.1, 0.15) is 0 Å². The molecule has 0 fully saturated rings. The van der Waals surface area contributed by atoms with Gasteiger partial charge in [-0.25, -0.2) is 0 Å². The SMILES string of the molecule is C#CCNC(=O)c1ccc(OCCC(C)C)c(OC)c1. The number of benzene rings is 1. The summed E-state index contributed by atoms with van der Waals surface area (Å²) >= 11 is 0. The fraction of sp³-hybridized carbons (Fsp3) is 0.438. The van der Waals surface area contributed by atoms with E-state index in [9.17, 15) is 4.79 Å². The molecule has 1 rings (SSSR count). The van der Waals surface area contributed by atoms with E-state index in [0.717, 1.165) is 6.42 Å². The highest BCUT2D eigenvalue weighted by molar-refractivity contribution is 5.95. The molecule has 1 aromatic rings. The van der Waals surface area contributed by atoms with Gasteiger partial charge in [0, 0.05) is 5.56 Å². The lowest BCUT2D eigenvalue weighted by Crippen LogP contribution is -2.23. The average Bonchev–Trinajstić information content (AvgIpc) is 2.44. The van der Waals surface area contributed by atoms with Crippen molar-refractivity contribution < 1.29 is 14.3 Å². The summed E-state index contributed by atoms with van der Waals surface area (Å²) in [4.78, 5) is 11.8. The first kappa shape index (κ1) is 15.9. The molecule has 0 aromatic heterocycles. The number of hydrogen-bond donors (Lipinski definition) is 1. The standard InChI is InChI=1S/C16H21NO3/c1-5-9-17-16(18)13-6-7-14(15(11-13)19-4)20-10-8-12(2)3/h1,6-7,11-12H,8-10H2,2-4H3,(H,17,18). The smallest absolute Gasteiger partial charge is 0.252 e. The topological polar surface area (TPSA) is 47.6 Å². The molecule has 0 atom stereocenters. The minimum atomic E-state index is -0.227. The Bertz CT molecular complexity index is 489. The summed E-state index contributed by atoms with van der Waals surface area (Å²) in [6, 6.07) is 5.08. The number of terminal acetylenes is 1. The van der Waals surface area contributed by atoms with Crippen LogP contribution >= 0.6 is 0 Å². The first-order valence-corrected chi connectivity index (χ1v) is 6.61. The Morgan fingerprint density at radius 3 is 2.75 bits per heavy atom. The summed E-state index contributed by atoms with van der Waals surface area (Å²) < 4.78 is 10.9. The summed E-state index contributed by atoms with van der Waals surface area (Å²) in [5, 5.41) is 2.61. The average molecular weight is 275 g/mol. The minimum absolute atomic E-state index is 0.202. The molecule has 0 unspecified atom stereocenters. The Morgan fingerprint density at radius 2 is 2.15 bits per heavy atom. The van der Waals surface area contributed by atoms with Gasteiger partial charge in [0.25, 0.3) is 5.91 Å². The van der Waals surface area contributed by atoms with Crippen molar-refractivity contribution >= 4 is 5.91 Å². The van der Waals surface area contributed by atoms with Crippen LogP contribution in [0.1, 0.15) is 30.6 Å². The van der Waals surface area contributed by atoms with Gasteiger partial charge in [0.2, 0.25) is 0 Å². The molecule has 0 bridgehead atoms. The van der Waals surface area contributed by atoms with Crippen molar-refractivity contribution in [2.24, 2.45) is 5.92 Å². The van der Waals surface area contributed by atoms with Crippen molar-refractivity contribution in [1.82, 2.24) is 5.32 Å². The highest BCUT2D eigenvalue weighted by Gasteiger charge is 2.10. The number of amides is 1. The molecule has 0 aliphatic carbocycles. The molecule has 0 heterocycles. The van der Waals surface area contributed by atoms with Crippen LogP contribution < -0.4 is 14.8 Å². The lowest BCUT2D eigenvalue weighted by atomic mass is 10.1. The van der Waals surface area contributed by atoms with Gasteiger partial charge in [-0.15, -0.1) is 6.42 Å². The molecule has 4 nitrogen and oxygen atoms in total. The van der Waals surface area contributed by atoms with Gasteiger partial charge in [0.05, 0.1) is 20.3 Å². The van der Waals surface area contributed by atoms with E-state index in [4.69, 9.17) is 15.9 Å². The number of carbonyl (C=O) groups excluding carboxylic acids is 1. The van der Waals surface area contributed by atoms with Crippen molar-refractivity contribution in [3.63, 3.8) is 0 Å². The van der Waals surface area contributed by atoms with E-state index in [1.54, 1.807) is 25.3 Å². The molecule has 0 spiro atoms. The normalized spacial score (nSPS) is 9.95. The highest BCUT2D eigenvalue weighted by atomic mass is 16.5. The minimum Gasteiger partial charge on any atom is -0.493 e. The predicted molar refractivity (Wildman–Crippen MR) is 79.1 cm³/mol. The van der Waals surface area contributed by atoms with E-state index in [1.807, 2.05) is 0 Å². The summed E-state index contributed by atoms with van der Waals surface area (Å²) in [7, 11) is 1.55. The van der Waals surface area contributed by atoms with Crippen LogP contribution in [0.25, 0.3) is 0 Å². The van der Waals surface area contributed by atoms with Crippen LogP contribution in [0.5, 0.6) is 11.5 Å². The highest BCUT2D eigenvalue weighted by Crippen LogP contribution is 2.28. The molecule has 0 aliphatic heterocycles. The summed E-state index contributed by atoms with van der Waals surface area (Å²) in [5.41, 5.74) is 0.494. The maximum atomic E-state index is 11.8. The zero-order valence-corrected chi connectivity index (χ0v) is 12.2. The Balaban J connectivity index is 2.75. The van der Waals surface area contributed by atoms with Crippen LogP contribution in [0.4, 0.5) is 0 Å². The summed E-state index contributed by atoms with van der Waals surface area (Å²) in [6.07, 6.45) is 6.07. The summed E-state index contributed by atoms with van der Waals surface area (Å²) in [5.74, 6) is 3.89. The molecule has 0 saturated carbocycles. The van der Waals surface area contributed by atoms with Gasteiger partial charge < -0.3 is 14.8 Å². The van der Waals surface area contributed by atoms with E-state index in [-0.39, 0.29) is 12.5 Å². The lowest BCUT2D eigenvalue weighted by molar-refractivity contribution is 0.0958. The molecule has 1 N–H and O–H groups in total. The van der Waals surface area contributed by atoms with Gasteiger partial charge in [-0.1, -0.05) is 19.8 Å². The van der Waals surface area contributed by atoms with Crippen LogP contribution in [-0.2, 0) is 0 Å². The second kappa shape index (κ2) is 8.11. The van der Waals surface area contributed by atoms with Gasteiger partial charge in [-0.2, -0.15) is 0 Å². The van der Waals surface area contributed by atoms with Crippen molar-refractivity contribution in [3.05, 3.63) is 23.8 Å². The third-order valence-electron chi connectivity index (χ3n) is 2.73. The van der Waals surface area contributed by atoms with Gasteiger partial charge in [-0.05, 0) is 30.5 Å². The van der Waals surface area contributed by atoms with E-state index < -0.39 is 0 Å². The second-order valence-corrected chi connectivity index (χ2v) is 4.78. The number of ether oxygens (including phenoxy) is 2. The molecule has 1 amide bonds. The molecule has 108 valence electrons. The van der Waals surface area contributed by atoms with Crippen molar-refractivity contribution in [3.8, 4) is 23.8 Å². The Hall–Kier alpha value is -2.15. The number of methoxy groups -OCH3 is 1. The Kier molecular flexibility index (Phi) is 6.45. The number of carbonyl (C=O) groups is 1. The fourth-order valence-corrected chi connectivity index (χ4v) is 1.57. The van der Waals surface area contributed by atoms with Crippen LogP contribution in [0.15, 0.2) is 18.2 Å². The Morgan fingerprint density at radius 1 is 1.40 bits per heavy atom. The zero-order chi connectivity index (χ0) is 15.0. The zero-order valence-electron chi connectivity index (χ0n) is 12.2. The molecule has 4 heteroatoms. The lowest BCUT2D eigenvalue weighted by Gasteiger charge is -2.13. The van der Waals surface area contributed by atoms with Crippen LogP contribution in [0.2, 0.25) is 0 Å². The number of rotatable bonds is 7. The quantitative estimate of drug-likeness (QED) is 0.778. The first-order chi connectivity index (χ1) is 9.58. The largest absolute Gasteiger partial charge is 0.493 e. The van der Waals surface area contributed by atoms with Crippen molar-refractivity contribution in [2.75, 3.05) is 20.3 Å². The van der Waals surface area contributed by atoms with E-state index in [2.05, 4.69) is 25.1 Å². The van der Waals surface area contributed by atoms with Crippen LogP contribution in [-0.4, -0.2) is 26.2 Å². The third kappa shape index (κ3) is 4.85. The molecule has 0 radical (unpaired) electrons. The second-order valence-electron chi connectivity index (χ2n) is 4.78. The molecular formula is C16H21NO3. The van der Waals surface area contributed by atoms with Gasteiger partial charge in [-0.3, -0.25) is 4.79 Å². The van der Waals surface area contributed by atoms with Crippen molar-refractivity contribution in [2.45, 2.75) is 20.3 Å². The molecule has 1 aromatic carbocycles. The molecule has 0 aliphatic rings. The molecule has 0 saturated heterocycles. The van der Waals surface area contributed by atoms with Crippen LogP contribution in [0.3, 0.4) is 0 Å². The summed E-state index contributed by atoms with van der Waals surface area (Å²) in [6.45, 7) is 5.10. The predicted octanol–water partition coefficient (Wildman–Crippen LogP) is 2.48. The third-order valence-corrected chi connectivity index (χ3v) is 2.73. The molecular weight excluding hydrogens is 254 g/mol. The van der Waals surface area contributed by atoms with Crippen molar-refractivity contribution in [1.29, 1.82) is 0 Å². The first-order valence-electron chi connectivity index (χ1n) is 6.61. The maximum Gasteiger partial charge on any atom is 0.252 e. The van der Waals surface area contributed by atoms with E-state index >= 15 is 0 Å². The number of nitrogens with one attached hydrogen (secondary N) is 1.